The lowest BCUT2D eigenvalue weighted by molar-refractivity contribution is -0.221. The number of hydrogen-bond acceptors (Lipinski definition) is 5. The monoisotopic (exact) mass is 279 g/mol. The first kappa shape index (κ1) is 14.3. The van der Waals surface area contributed by atoms with Gasteiger partial charge in [0.05, 0.1) is 13.0 Å². The first-order chi connectivity index (χ1) is 9.63. The maximum Gasteiger partial charge on any atom is 0.412 e. The summed E-state index contributed by atoms with van der Waals surface area (Å²) >= 11 is 0. The summed E-state index contributed by atoms with van der Waals surface area (Å²) in [5.41, 5.74) is 0.872. The predicted octanol–water partition coefficient (Wildman–Crippen LogP) is 1.94. The van der Waals surface area contributed by atoms with E-state index >= 15 is 0 Å². The third-order valence-electron chi connectivity index (χ3n) is 2.82. The molecule has 6 heteroatoms. The fourth-order valence-corrected chi connectivity index (χ4v) is 1.93. The Kier molecular flexibility index (Phi) is 4.57. The van der Waals surface area contributed by atoms with E-state index in [1.165, 1.54) is 0 Å². The molecular weight excluding hydrogens is 262 g/mol. The Hall–Kier alpha value is -2.08. The van der Waals surface area contributed by atoms with Gasteiger partial charge in [0.1, 0.15) is 6.61 Å². The molecule has 1 aromatic carbocycles. The molecule has 1 aliphatic rings. The second-order valence-electron chi connectivity index (χ2n) is 4.35. The van der Waals surface area contributed by atoms with Crippen molar-refractivity contribution in [2.75, 3.05) is 6.61 Å². The van der Waals surface area contributed by atoms with E-state index in [9.17, 15) is 9.59 Å². The van der Waals surface area contributed by atoms with Crippen molar-refractivity contribution < 1.29 is 23.8 Å². The van der Waals surface area contributed by atoms with E-state index in [1.54, 1.807) is 6.92 Å². The first-order valence-electron chi connectivity index (χ1n) is 6.48. The summed E-state index contributed by atoms with van der Waals surface area (Å²) in [5, 5.41) is 2.47. The third-order valence-corrected chi connectivity index (χ3v) is 2.82. The maximum absolute atomic E-state index is 11.8. The summed E-state index contributed by atoms with van der Waals surface area (Å²) in [7, 11) is 0. The van der Waals surface area contributed by atoms with Gasteiger partial charge >= 0.3 is 12.1 Å². The molecule has 6 nitrogen and oxygen atoms in total. The van der Waals surface area contributed by atoms with Gasteiger partial charge in [0, 0.05) is 6.42 Å². The Labute approximate surface area is 117 Å². The molecule has 0 aromatic heterocycles. The highest BCUT2D eigenvalue weighted by atomic mass is 16.7. The largest absolute Gasteiger partial charge is 0.445 e. The molecule has 1 amide bonds. The molecule has 1 N–H and O–H groups in total. The lowest BCUT2D eigenvalue weighted by Gasteiger charge is -2.27. The molecule has 1 aliphatic heterocycles. The van der Waals surface area contributed by atoms with Crippen LogP contribution in [0.1, 0.15) is 25.3 Å². The number of rotatable bonds is 5. The Morgan fingerprint density at radius 3 is 2.75 bits per heavy atom. The molecule has 1 heterocycles. The number of nitrogens with one attached hydrogen (secondary N) is 1. The number of amides is 1. The van der Waals surface area contributed by atoms with Gasteiger partial charge in [0.15, 0.2) is 0 Å². The Balaban J connectivity index is 1.87. The van der Waals surface area contributed by atoms with Crippen LogP contribution in [0.25, 0.3) is 0 Å². The molecule has 1 saturated heterocycles. The normalized spacial score (nSPS) is 21.4. The second-order valence-corrected chi connectivity index (χ2v) is 4.35. The number of esters is 1. The van der Waals surface area contributed by atoms with Crippen molar-refractivity contribution in [3.05, 3.63) is 35.9 Å². The average Bonchev–Trinajstić information content (AvgIpc) is 2.79. The summed E-state index contributed by atoms with van der Waals surface area (Å²) in [6, 6.07) is 9.29. The van der Waals surface area contributed by atoms with Crippen LogP contribution in [0, 0.1) is 0 Å². The second kappa shape index (κ2) is 6.38. The topological polar surface area (TPSA) is 73.9 Å². The van der Waals surface area contributed by atoms with Gasteiger partial charge in [-0.15, -0.1) is 0 Å². The summed E-state index contributed by atoms with van der Waals surface area (Å²) in [5.74, 6) is -1.79. The van der Waals surface area contributed by atoms with Crippen LogP contribution < -0.4 is 5.32 Å². The molecule has 0 spiro atoms. The van der Waals surface area contributed by atoms with Gasteiger partial charge in [0.2, 0.25) is 0 Å². The summed E-state index contributed by atoms with van der Waals surface area (Å²) in [6.45, 7) is 2.21. The van der Waals surface area contributed by atoms with Crippen molar-refractivity contribution in [1.29, 1.82) is 0 Å². The van der Waals surface area contributed by atoms with Crippen molar-refractivity contribution in [2.45, 2.75) is 32.3 Å². The van der Waals surface area contributed by atoms with Gasteiger partial charge in [-0.1, -0.05) is 30.3 Å². The molecular formula is C14H17NO5. The fraction of sp³-hybridized carbons (Fsp3) is 0.429. The van der Waals surface area contributed by atoms with Gasteiger partial charge in [-0.3, -0.25) is 10.1 Å². The van der Waals surface area contributed by atoms with Gasteiger partial charge < -0.3 is 14.2 Å². The zero-order valence-corrected chi connectivity index (χ0v) is 11.3. The van der Waals surface area contributed by atoms with Crippen LogP contribution >= 0.6 is 0 Å². The molecule has 1 fully saturated rings. The van der Waals surface area contributed by atoms with Crippen LogP contribution in [-0.2, 0) is 25.6 Å². The lowest BCUT2D eigenvalue weighted by Crippen LogP contribution is -2.50. The predicted molar refractivity (Wildman–Crippen MR) is 69.4 cm³/mol. The number of carbonyl (C=O) groups excluding carboxylic acids is 2. The van der Waals surface area contributed by atoms with Gasteiger partial charge in [-0.2, -0.15) is 0 Å². The number of cyclic esters (lactones) is 1. The fourth-order valence-electron chi connectivity index (χ4n) is 1.93. The summed E-state index contributed by atoms with van der Waals surface area (Å²) in [6.07, 6.45) is -0.198. The quantitative estimate of drug-likeness (QED) is 0.658. The van der Waals surface area contributed by atoms with E-state index in [1.807, 2.05) is 30.3 Å². The van der Waals surface area contributed by atoms with Crippen molar-refractivity contribution >= 4 is 12.1 Å². The minimum absolute atomic E-state index is 0.142. The van der Waals surface area contributed by atoms with Crippen LogP contribution in [0.5, 0.6) is 0 Å². The van der Waals surface area contributed by atoms with Crippen LogP contribution in [0.4, 0.5) is 4.79 Å². The van der Waals surface area contributed by atoms with Gasteiger partial charge in [-0.25, -0.2) is 4.79 Å². The number of alkyl carbamates (subject to hydrolysis) is 1. The molecule has 108 valence electrons. The minimum Gasteiger partial charge on any atom is -0.445 e. The average molecular weight is 279 g/mol. The Bertz CT molecular complexity index is 476. The molecule has 0 saturated carbocycles. The highest BCUT2D eigenvalue weighted by molar-refractivity contribution is 5.74. The van der Waals surface area contributed by atoms with E-state index < -0.39 is 18.0 Å². The highest BCUT2D eigenvalue weighted by Crippen LogP contribution is 2.25. The van der Waals surface area contributed by atoms with Crippen molar-refractivity contribution in [1.82, 2.24) is 5.32 Å². The third kappa shape index (κ3) is 3.71. The van der Waals surface area contributed by atoms with E-state index in [0.717, 1.165) is 5.56 Å². The molecule has 20 heavy (non-hydrogen) atoms. The first-order valence-corrected chi connectivity index (χ1v) is 6.48. The molecule has 1 aromatic rings. The SMILES string of the molecule is CCOC1(NC(=O)OCc2ccccc2)CCC(=O)O1. The Morgan fingerprint density at radius 1 is 1.40 bits per heavy atom. The molecule has 1 atom stereocenters. The standard InChI is InChI=1S/C14H17NO5/c1-2-19-14(9-8-12(16)20-14)15-13(17)18-10-11-6-4-3-5-7-11/h3-7H,2,8-10H2,1H3,(H,15,17). The number of carbonyl (C=O) groups is 2. The van der Waals surface area contributed by atoms with E-state index in [-0.39, 0.29) is 19.4 Å². The summed E-state index contributed by atoms with van der Waals surface area (Å²) in [4.78, 5) is 23.0. The maximum atomic E-state index is 11.8. The minimum atomic E-state index is -1.39. The number of hydrogen-bond donors (Lipinski definition) is 1. The van der Waals surface area contributed by atoms with Crippen LogP contribution in [0.15, 0.2) is 30.3 Å². The number of benzene rings is 1. The smallest absolute Gasteiger partial charge is 0.412 e. The van der Waals surface area contributed by atoms with E-state index in [0.29, 0.717) is 6.61 Å². The van der Waals surface area contributed by atoms with Crippen molar-refractivity contribution in [3.63, 3.8) is 0 Å². The van der Waals surface area contributed by atoms with Crippen LogP contribution in [0.2, 0.25) is 0 Å². The van der Waals surface area contributed by atoms with Crippen LogP contribution in [0.3, 0.4) is 0 Å². The van der Waals surface area contributed by atoms with Gasteiger partial charge in [-0.05, 0) is 12.5 Å². The van der Waals surface area contributed by atoms with Crippen molar-refractivity contribution in [2.24, 2.45) is 0 Å². The summed E-state index contributed by atoms with van der Waals surface area (Å²) < 4.78 is 15.4. The van der Waals surface area contributed by atoms with Gasteiger partial charge in [0.25, 0.3) is 5.91 Å². The molecule has 0 aliphatic carbocycles. The Morgan fingerprint density at radius 2 is 2.15 bits per heavy atom. The lowest BCUT2D eigenvalue weighted by atomic mass is 10.2. The molecule has 0 bridgehead atoms. The molecule has 1 unspecified atom stereocenters. The zero-order valence-electron chi connectivity index (χ0n) is 11.3. The van der Waals surface area contributed by atoms with Crippen molar-refractivity contribution in [3.8, 4) is 0 Å². The van der Waals surface area contributed by atoms with E-state index in [4.69, 9.17) is 14.2 Å². The highest BCUT2D eigenvalue weighted by Gasteiger charge is 2.43. The van der Waals surface area contributed by atoms with E-state index in [2.05, 4.69) is 5.32 Å². The number of ether oxygens (including phenoxy) is 3. The zero-order chi connectivity index (χ0) is 14.4. The van der Waals surface area contributed by atoms with Crippen LogP contribution in [-0.4, -0.2) is 24.6 Å². The molecule has 0 radical (unpaired) electrons. The molecule has 2 rings (SSSR count).